The number of hydrogen-bond donors (Lipinski definition) is 1. The second-order valence-corrected chi connectivity index (χ2v) is 6.05. The predicted octanol–water partition coefficient (Wildman–Crippen LogP) is 2.72. The minimum atomic E-state index is -3.89. The normalized spacial score (nSPS) is 16.2. The van der Waals surface area contributed by atoms with Crippen LogP contribution >= 0.6 is 7.60 Å². The van der Waals surface area contributed by atoms with Gasteiger partial charge in [0.2, 0.25) is 0 Å². The van der Waals surface area contributed by atoms with Gasteiger partial charge in [0.25, 0.3) is 0 Å². The molecule has 0 aliphatic rings. The Labute approximate surface area is 103 Å². The lowest BCUT2D eigenvalue weighted by Gasteiger charge is -2.17. The van der Waals surface area contributed by atoms with Crippen molar-refractivity contribution in [1.82, 2.24) is 0 Å². The van der Waals surface area contributed by atoms with Crippen molar-refractivity contribution < 1.29 is 23.5 Å². The molecule has 0 bridgehead atoms. The highest BCUT2D eigenvalue weighted by Crippen LogP contribution is 2.47. The third kappa shape index (κ3) is 6.81. The lowest BCUT2D eigenvalue weighted by Crippen LogP contribution is -2.21. The maximum Gasteiger partial charge on any atom is 0.342 e. The molecule has 0 amide bonds. The first-order valence-corrected chi connectivity index (χ1v) is 7.74. The highest BCUT2D eigenvalue weighted by molar-refractivity contribution is 7.54. The van der Waals surface area contributed by atoms with Crippen molar-refractivity contribution >= 4 is 13.6 Å². The van der Waals surface area contributed by atoms with Gasteiger partial charge >= 0.3 is 13.6 Å². The Hall–Kier alpha value is -0.380. The van der Waals surface area contributed by atoms with Crippen LogP contribution in [0.2, 0.25) is 0 Å². The summed E-state index contributed by atoms with van der Waals surface area (Å²) in [4.78, 5) is 20.9. The summed E-state index contributed by atoms with van der Waals surface area (Å²) in [7, 11) is -3.89. The highest BCUT2D eigenvalue weighted by atomic mass is 31.2. The SMILES string of the molecule is CCCCCCOP(=O)(O)C(C)C(=O)OCC. The van der Waals surface area contributed by atoms with E-state index in [1.54, 1.807) is 6.92 Å². The Morgan fingerprint density at radius 2 is 1.94 bits per heavy atom. The second-order valence-electron chi connectivity index (χ2n) is 3.89. The van der Waals surface area contributed by atoms with E-state index in [9.17, 15) is 14.3 Å². The molecule has 0 saturated heterocycles. The topological polar surface area (TPSA) is 72.8 Å². The molecule has 1 N–H and O–H groups in total. The van der Waals surface area contributed by atoms with Crippen LogP contribution in [0.25, 0.3) is 0 Å². The average Bonchev–Trinajstić information content (AvgIpc) is 2.28. The number of esters is 1. The molecule has 0 aromatic heterocycles. The second kappa shape index (κ2) is 8.67. The minimum absolute atomic E-state index is 0.194. The van der Waals surface area contributed by atoms with E-state index in [0.29, 0.717) is 0 Å². The van der Waals surface area contributed by atoms with Gasteiger partial charge in [-0.2, -0.15) is 0 Å². The quantitative estimate of drug-likeness (QED) is 0.394. The molecule has 0 aromatic carbocycles. The number of unbranched alkanes of at least 4 members (excludes halogenated alkanes) is 3. The molecule has 2 atom stereocenters. The molecule has 0 rings (SSSR count). The Balaban J connectivity index is 4.00. The minimum Gasteiger partial charge on any atom is -0.465 e. The van der Waals surface area contributed by atoms with E-state index in [1.807, 2.05) is 0 Å². The van der Waals surface area contributed by atoms with Gasteiger partial charge in [-0.05, 0) is 20.3 Å². The Morgan fingerprint density at radius 3 is 2.47 bits per heavy atom. The molecule has 2 unspecified atom stereocenters. The fourth-order valence-electron chi connectivity index (χ4n) is 1.23. The molecule has 5 nitrogen and oxygen atoms in total. The fourth-order valence-corrected chi connectivity index (χ4v) is 2.19. The largest absolute Gasteiger partial charge is 0.465 e. The van der Waals surface area contributed by atoms with Crippen LogP contribution in [0.3, 0.4) is 0 Å². The molecule has 0 fully saturated rings. The summed E-state index contributed by atoms with van der Waals surface area (Å²) < 4.78 is 21.3. The van der Waals surface area contributed by atoms with E-state index >= 15 is 0 Å². The summed E-state index contributed by atoms with van der Waals surface area (Å²) in [6, 6.07) is 0. The summed E-state index contributed by atoms with van der Waals surface area (Å²) in [5.74, 6) is -0.688. The van der Waals surface area contributed by atoms with E-state index < -0.39 is 19.2 Å². The van der Waals surface area contributed by atoms with Gasteiger partial charge in [0, 0.05) is 0 Å². The first-order chi connectivity index (χ1) is 7.95. The monoisotopic (exact) mass is 266 g/mol. The van der Waals surface area contributed by atoms with E-state index in [4.69, 9.17) is 4.52 Å². The van der Waals surface area contributed by atoms with Crippen LogP contribution in [0.1, 0.15) is 46.5 Å². The molecule has 0 aliphatic heterocycles. The predicted molar refractivity (Wildman–Crippen MR) is 66.0 cm³/mol. The third-order valence-corrected chi connectivity index (χ3v) is 4.13. The van der Waals surface area contributed by atoms with Crippen LogP contribution in [-0.4, -0.2) is 29.7 Å². The van der Waals surface area contributed by atoms with Crippen LogP contribution in [0.4, 0.5) is 0 Å². The van der Waals surface area contributed by atoms with Gasteiger partial charge < -0.3 is 14.2 Å². The molecule has 0 aliphatic carbocycles. The highest BCUT2D eigenvalue weighted by Gasteiger charge is 2.35. The molecular formula is C11H23O5P. The van der Waals surface area contributed by atoms with Crippen LogP contribution in [0.5, 0.6) is 0 Å². The summed E-state index contributed by atoms with van der Waals surface area (Å²) in [5.41, 5.74) is -1.12. The number of carbonyl (C=O) groups excluding carboxylic acids is 1. The van der Waals surface area contributed by atoms with Gasteiger partial charge in [-0.25, -0.2) is 0 Å². The Kier molecular flexibility index (Phi) is 8.48. The summed E-state index contributed by atoms with van der Waals surface area (Å²) in [5, 5.41) is 0. The Morgan fingerprint density at radius 1 is 1.29 bits per heavy atom. The van der Waals surface area contributed by atoms with Gasteiger partial charge in [-0.1, -0.05) is 26.2 Å². The smallest absolute Gasteiger partial charge is 0.342 e. The molecule has 0 spiro atoms. The van der Waals surface area contributed by atoms with E-state index in [2.05, 4.69) is 11.7 Å². The lowest BCUT2D eigenvalue weighted by molar-refractivity contribution is -0.142. The Bertz CT molecular complexity index is 267. The van der Waals surface area contributed by atoms with Crippen molar-refractivity contribution in [3.8, 4) is 0 Å². The lowest BCUT2D eigenvalue weighted by atomic mass is 10.2. The summed E-state index contributed by atoms with van der Waals surface area (Å²) >= 11 is 0. The van der Waals surface area contributed by atoms with Crippen LogP contribution < -0.4 is 0 Å². The summed E-state index contributed by atoms with van der Waals surface area (Å²) in [6.07, 6.45) is 3.86. The van der Waals surface area contributed by atoms with Gasteiger partial charge in [0.15, 0.2) is 5.66 Å². The van der Waals surface area contributed by atoms with Crippen LogP contribution in [0, 0.1) is 0 Å². The maximum absolute atomic E-state index is 11.7. The number of hydrogen-bond acceptors (Lipinski definition) is 4. The van der Waals surface area contributed by atoms with Crippen molar-refractivity contribution in [2.45, 2.75) is 52.1 Å². The summed E-state index contributed by atoms with van der Waals surface area (Å²) in [6.45, 7) is 5.49. The molecule has 0 saturated carbocycles. The zero-order chi connectivity index (χ0) is 13.3. The third-order valence-electron chi connectivity index (χ3n) is 2.39. The number of carbonyl (C=O) groups is 1. The molecule has 17 heavy (non-hydrogen) atoms. The zero-order valence-electron chi connectivity index (χ0n) is 10.8. The van der Waals surface area contributed by atoms with Crippen LogP contribution in [-0.2, 0) is 18.6 Å². The molecular weight excluding hydrogens is 243 g/mol. The van der Waals surface area contributed by atoms with Crippen LogP contribution in [0.15, 0.2) is 0 Å². The first-order valence-electron chi connectivity index (χ1n) is 6.09. The van der Waals surface area contributed by atoms with E-state index in [-0.39, 0.29) is 13.2 Å². The van der Waals surface area contributed by atoms with Crippen molar-refractivity contribution in [2.75, 3.05) is 13.2 Å². The van der Waals surface area contributed by atoms with Gasteiger partial charge in [0.1, 0.15) is 0 Å². The van der Waals surface area contributed by atoms with E-state index in [1.165, 1.54) is 6.92 Å². The van der Waals surface area contributed by atoms with Crippen molar-refractivity contribution in [2.24, 2.45) is 0 Å². The van der Waals surface area contributed by atoms with E-state index in [0.717, 1.165) is 25.7 Å². The molecule has 102 valence electrons. The fraction of sp³-hybridized carbons (Fsp3) is 0.909. The molecule has 0 heterocycles. The average molecular weight is 266 g/mol. The number of rotatable bonds is 9. The van der Waals surface area contributed by atoms with Crippen molar-refractivity contribution in [3.63, 3.8) is 0 Å². The first kappa shape index (κ1) is 16.6. The van der Waals surface area contributed by atoms with Gasteiger partial charge in [-0.3, -0.25) is 9.36 Å². The van der Waals surface area contributed by atoms with Gasteiger partial charge in [0.05, 0.1) is 13.2 Å². The molecule has 6 heteroatoms. The zero-order valence-corrected chi connectivity index (χ0v) is 11.7. The maximum atomic E-state index is 11.7. The van der Waals surface area contributed by atoms with Crippen molar-refractivity contribution in [3.05, 3.63) is 0 Å². The standard InChI is InChI=1S/C11H23O5P/c1-4-6-7-8-9-16-17(13,14)10(3)11(12)15-5-2/h10H,4-9H2,1-3H3,(H,13,14). The number of ether oxygens (including phenoxy) is 1. The van der Waals surface area contributed by atoms with Gasteiger partial charge in [-0.15, -0.1) is 0 Å². The molecule has 0 aromatic rings. The molecule has 0 radical (unpaired) electrons. The van der Waals surface area contributed by atoms with Crippen molar-refractivity contribution in [1.29, 1.82) is 0 Å².